The molecule has 4 nitrogen and oxygen atoms in total. The van der Waals surface area contributed by atoms with Gasteiger partial charge in [0.05, 0.1) is 11.6 Å². The van der Waals surface area contributed by atoms with E-state index in [1.54, 1.807) is 4.68 Å². The highest BCUT2D eigenvalue weighted by molar-refractivity contribution is 6.22. The number of nitrogens with zero attached hydrogens (tertiary/aromatic N) is 3. The second-order valence-corrected chi connectivity index (χ2v) is 3.68. The van der Waals surface area contributed by atoms with E-state index in [1.165, 1.54) is 0 Å². The van der Waals surface area contributed by atoms with Crippen molar-refractivity contribution in [3.05, 3.63) is 18.0 Å². The van der Waals surface area contributed by atoms with Crippen LogP contribution >= 0.6 is 11.6 Å². The first-order valence-corrected chi connectivity index (χ1v) is 4.61. The van der Waals surface area contributed by atoms with Crippen molar-refractivity contribution in [1.82, 2.24) is 20.3 Å². The van der Waals surface area contributed by atoms with Gasteiger partial charge in [0, 0.05) is 20.1 Å². The molecular weight excluding hydrogens is 188 g/mol. The van der Waals surface area contributed by atoms with Gasteiger partial charge in [0.25, 0.3) is 0 Å². The fourth-order valence-corrected chi connectivity index (χ4v) is 1.61. The summed E-state index contributed by atoms with van der Waals surface area (Å²) in [6, 6.07) is 0. The maximum atomic E-state index is 5.97. The molecule has 0 aromatic carbocycles. The van der Waals surface area contributed by atoms with E-state index in [0.717, 1.165) is 24.4 Å². The molecule has 0 aliphatic carbocycles. The van der Waals surface area contributed by atoms with E-state index in [0.29, 0.717) is 0 Å². The van der Waals surface area contributed by atoms with Crippen LogP contribution in [0.15, 0.2) is 12.3 Å². The number of nitrogens with one attached hydrogen (secondary N) is 1. The standard InChI is InChI=1S/C8H11ClN4/c1-13-5-8(11-12-13)6-2-7(9)4-10-3-6/h2,5,7,10H,3-4H2,1H3. The number of aromatic nitrogens is 3. The highest BCUT2D eigenvalue weighted by atomic mass is 35.5. The van der Waals surface area contributed by atoms with Crippen molar-refractivity contribution in [3.63, 3.8) is 0 Å². The summed E-state index contributed by atoms with van der Waals surface area (Å²) >= 11 is 5.97. The van der Waals surface area contributed by atoms with Gasteiger partial charge >= 0.3 is 0 Å². The SMILES string of the molecule is Cn1cc(C2=CC(Cl)CNC2)nn1. The van der Waals surface area contributed by atoms with Gasteiger partial charge in [0.2, 0.25) is 0 Å². The average Bonchev–Trinajstić information content (AvgIpc) is 2.52. The Bertz CT molecular complexity index is 331. The molecule has 0 saturated heterocycles. The van der Waals surface area contributed by atoms with Crippen molar-refractivity contribution in [2.75, 3.05) is 13.1 Å². The molecule has 0 spiro atoms. The summed E-state index contributed by atoms with van der Waals surface area (Å²) in [5.41, 5.74) is 2.03. The van der Waals surface area contributed by atoms with Crippen molar-refractivity contribution in [3.8, 4) is 0 Å². The van der Waals surface area contributed by atoms with Crippen LogP contribution in [0.2, 0.25) is 0 Å². The van der Waals surface area contributed by atoms with E-state index >= 15 is 0 Å². The lowest BCUT2D eigenvalue weighted by molar-refractivity contribution is 0.713. The lowest BCUT2D eigenvalue weighted by Gasteiger charge is -2.15. The van der Waals surface area contributed by atoms with Gasteiger partial charge in [-0.15, -0.1) is 16.7 Å². The third-order valence-electron chi connectivity index (χ3n) is 1.97. The Balaban J connectivity index is 2.25. The first-order valence-electron chi connectivity index (χ1n) is 4.18. The molecule has 1 aliphatic heterocycles. The van der Waals surface area contributed by atoms with Crippen LogP contribution in [-0.2, 0) is 7.05 Å². The fraction of sp³-hybridized carbons (Fsp3) is 0.500. The zero-order valence-electron chi connectivity index (χ0n) is 7.37. The molecule has 2 heterocycles. The third kappa shape index (κ3) is 1.89. The molecule has 0 bridgehead atoms. The minimum Gasteiger partial charge on any atom is -0.311 e. The summed E-state index contributed by atoms with van der Waals surface area (Å²) in [5.74, 6) is 0. The van der Waals surface area contributed by atoms with Crippen molar-refractivity contribution in [2.24, 2.45) is 7.05 Å². The van der Waals surface area contributed by atoms with Gasteiger partial charge in [-0.05, 0) is 5.57 Å². The van der Waals surface area contributed by atoms with Crippen molar-refractivity contribution < 1.29 is 0 Å². The summed E-state index contributed by atoms with van der Waals surface area (Å²) in [4.78, 5) is 0. The van der Waals surface area contributed by atoms with Crippen LogP contribution in [-0.4, -0.2) is 33.5 Å². The Morgan fingerprint density at radius 3 is 3.15 bits per heavy atom. The van der Waals surface area contributed by atoms with Crippen LogP contribution in [0, 0.1) is 0 Å². The zero-order valence-corrected chi connectivity index (χ0v) is 8.12. The summed E-state index contributed by atoms with van der Waals surface area (Å²) in [5, 5.41) is 11.2. The van der Waals surface area contributed by atoms with Crippen LogP contribution < -0.4 is 5.32 Å². The van der Waals surface area contributed by atoms with Crippen LogP contribution in [0.3, 0.4) is 0 Å². The zero-order chi connectivity index (χ0) is 9.26. The first-order chi connectivity index (χ1) is 6.25. The summed E-state index contributed by atoms with van der Waals surface area (Å²) < 4.78 is 1.69. The Morgan fingerprint density at radius 1 is 1.69 bits per heavy atom. The van der Waals surface area contributed by atoms with Gasteiger partial charge in [-0.25, -0.2) is 0 Å². The second-order valence-electron chi connectivity index (χ2n) is 3.12. The Hall–Kier alpha value is -0.870. The van der Waals surface area contributed by atoms with Crippen molar-refractivity contribution >= 4 is 17.2 Å². The highest BCUT2D eigenvalue weighted by Gasteiger charge is 2.13. The molecule has 0 fully saturated rings. The summed E-state index contributed by atoms with van der Waals surface area (Å²) in [6.45, 7) is 1.65. The van der Waals surface area contributed by atoms with Gasteiger partial charge in [-0.2, -0.15) is 0 Å². The highest BCUT2D eigenvalue weighted by Crippen LogP contribution is 2.15. The monoisotopic (exact) mass is 198 g/mol. The predicted octanol–water partition coefficient (Wildman–Crippen LogP) is 0.409. The fourth-order valence-electron chi connectivity index (χ4n) is 1.35. The molecule has 1 aromatic heterocycles. The maximum absolute atomic E-state index is 5.97. The Morgan fingerprint density at radius 2 is 2.54 bits per heavy atom. The van der Waals surface area contributed by atoms with Gasteiger partial charge < -0.3 is 5.32 Å². The second kappa shape index (κ2) is 3.47. The number of aryl methyl sites for hydroxylation is 1. The van der Waals surface area contributed by atoms with Gasteiger partial charge in [0.1, 0.15) is 5.69 Å². The number of hydrogen-bond donors (Lipinski definition) is 1. The van der Waals surface area contributed by atoms with Gasteiger partial charge in [0.15, 0.2) is 0 Å². The topological polar surface area (TPSA) is 42.7 Å². The van der Waals surface area contributed by atoms with E-state index < -0.39 is 0 Å². The first kappa shape index (κ1) is 8.72. The molecule has 1 N–H and O–H groups in total. The van der Waals surface area contributed by atoms with E-state index in [-0.39, 0.29) is 5.38 Å². The quantitative estimate of drug-likeness (QED) is 0.665. The number of alkyl halides is 1. The van der Waals surface area contributed by atoms with Crippen molar-refractivity contribution in [1.29, 1.82) is 0 Å². The van der Waals surface area contributed by atoms with Crippen molar-refractivity contribution in [2.45, 2.75) is 5.38 Å². The van der Waals surface area contributed by atoms with E-state index in [2.05, 4.69) is 15.6 Å². The molecule has 1 aromatic rings. The van der Waals surface area contributed by atoms with Crippen LogP contribution in [0.1, 0.15) is 5.69 Å². The lowest BCUT2D eigenvalue weighted by Crippen LogP contribution is -2.29. The molecule has 70 valence electrons. The predicted molar refractivity (Wildman–Crippen MR) is 51.5 cm³/mol. The molecular formula is C8H11ClN4. The Kier molecular flexibility index (Phi) is 2.33. The van der Waals surface area contributed by atoms with E-state index in [1.807, 2.05) is 19.3 Å². The summed E-state index contributed by atoms with van der Waals surface area (Å²) in [6.07, 6.45) is 3.92. The minimum absolute atomic E-state index is 0.0609. The largest absolute Gasteiger partial charge is 0.311 e. The molecule has 13 heavy (non-hydrogen) atoms. The normalized spacial score (nSPS) is 22.9. The van der Waals surface area contributed by atoms with E-state index in [9.17, 15) is 0 Å². The summed E-state index contributed by atoms with van der Waals surface area (Å²) in [7, 11) is 1.85. The van der Waals surface area contributed by atoms with Gasteiger partial charge in [-0.1, -0.05) is 11.3 Å². The molecule has 1 aliphatic rings. The Labute approximate surface area is 81.6 Å². The molecule has 1 unspecified atom stereocenters. The minimum atomic E-state index is 0.0609. The molecule has 0 radical (unpaired) electrons. The number of hydrogen-bond acceptors (Lipinski definition) is 3. The smallest absolute Gasteiger partial charge is 0.110 e. The number of rotatable bonds is 1. The van der Waals surface area contributed by atoms with Crippen LogP contribution in [0.25, 0.3) is 5.57 Å². The molecule has 0 amide bonds. The third-order valence-corrected chi connectivity index (χ3v) is 2.25. The molecule has 0 saturated carbocycles. The van der Waals surface area contributed by atoms with Crippen LogP contribution in [0.4, 0.5) is 0 Å². The maximum Gasteiger partial charge on any atom is 0.110 e. The van der Waals surface area contributed by atoms with Crippen LogP contribution in [0.5, 0.6) is 0 Å². The average molecular weight is 199 g/mol. The molecule has 5 heteroatoms. The lowest BCUT2D eigenvalue weighted by atomic mass is 10.1. The number of halogens is 1. The molecule has 2 rings (SSSR count). The molecule has 1 atom stereocenters. The van der Waals surface area contributed by atoms with Gasteiger partial charge in [-0.3, -0.25) is 4.68 Å². The van der Waals surface area contributed by atoms with E-state index in [4.69, 9.17) is 11.6 Å².